The summed E-state index contributed by atoms with van der Waals surface area (Å²) in [4.78, 5) is 12.5. The monoisotopic (exact) mass is 265 g/mol. The van der Waals surface area contributed by atoms with Crippen LogP contribution in [-0.2, 0) is 16.1 Å². The first-order valence-corrected chi connectivity index (χ1v) is 6.53. The van der Waals surface area contributed by atoms with Gasteiger partial charge in [0.15, 0.2) is 0 Å². The molecule has 2 rings (SSSR count). The number of rotatable bonds is 6. The number of ether oxygens (including phenoxy) is 1. The van der Waals surface area contributed by atoms with Crippen LogP contribution in [0.5, 0.6) is 0 Å². The maximum Gasteiger partial charge on any atom is 0.307 e. The number of esters is 1. The van der Waals surface area contributed by atoms with E-state index in [1.807, 2.05) is 29.6 Å². The molecule has 5 heteroatoms. The van der Waals surface area contributed by atoms with E-state index >= 15 is 0 Å². The van der Waals surface area contributed by atoms with Crippen molar-refractivity contribution in [1.82, 2.24) is 5.32 Å². The molecule has 0 aliphatic heterocycles. The molecular formula is C13H15NO3S. The van der Waals surface area contributed by atoms with Crippen LogP contribution in [0.15, 0.2) is 40.3 Å². The fourth-order valence-electron chi connectivity index (χ4n) is 1.65. The van der Waals surface area contributed by atoms with Gasteiger partial charge in [0.1, 0.15) is 5.76 Å². The Morgan fingerprint density at radius 2 is 2.39 bits per heavy atom. The van der Waals surface area contributed by atoms with E-state index in [9.17, 15) is 4.79 Å². The van der Waals surface area contributed by atoms with Crippen LogP contribution in [0.1, 0.15) is 23.1 Å². The van der Waals surface area contributed by atoms with Crippen molar-refractivity contribution >= 4 is 17.3 Å². The molecule has 0 aliphatic carbocycles. The molecule has 0 aliphatic rings. The molecule has 0 spiro atoms. The molecule has 1 unspecified atom stereocenters. The number of carbonyl (C=O) groups is 1. The van der Waals surface area contributed by atoms with E-state index in [2.05, 4.69) is 5.32 Å². The zero-order valence-electron chi connectivity index (χ0n) is 10.1. The molecule has 0 saturated heterocycles. The number of carbonyl (C=O) groups excluding carboxylic acids is 1. The summed E-state index contributed by atoms with van der Waals surface area (Å²) in [6.07, 6.45) is 1.95. The second-order valence-corrected chi connectivity index (χ2v) is 4.79. The highest BCUT2D eigenvalue weighted by molar-refractivity contribution is 7.10. The zero-order chi connectivity index (χ0) is 12.8. The number of hydrogen-bond acceptors (Lipinski definition) is 5. The summed E-state index contributed by atoms with van der Waals surface area (Å²) >= 11 is 1.62. The number of furan rings is 1. The second-order valence-electron chi connectivity index (χ2n) is 3.81. The molecule has 1 N–H and O–H groups in total. The summed E-state index contributed by atoms with van der Waals surface area (Å²) in [6, 6.07) is 7.68. The van der Waals surface area contributed by atoms with Crippen molar-refractivity contribution < 1.29 is 13.9 Å². The first kappa shape index (κ1) is 12.9. The van der Waals surface area contributed by atoms with E-state index in [4.69, 9.17) is 9.15 Å². The minimum Gasteiger partial charge on any atom is -0.469 e. The summed E-state index contributed by atoms with van der Waals surface area (Å²) in [6.45, 7) is 0.590. The summed E-state index contributed by atoms with van der Waals surface area (Å²) < 4.78 is 9.98. The fourth-order valence-corrected chi connectivity index (χ4v) is 2.45. The van der Waals surface area contributed by atoms with Gasteiger partial charge in [0.2, 0.25) is 0 Å². The van der Waals surface area contributed by atoms with Gasteiger partial charge in [0.25, 0.3) is 0 Å². The molecule has 0 radical (unpaired) electrons. The van der Waals surface area contributed by atoms with E-state index in [1.165, 1.54) is 7.11 Å². The molecule has 96 valence electrons. The Hall–Kier alpha value is -1.59. The summed E-state index contributed by atoms with van der Waals surface area (Å²) in [7, 11) is 1.40. The summed E-state index contributed by atoms with van der Waals surface area (Å²) in [5.74, 6) is 0.627. The van der Waals surface area contributed by atoms with Gasteiger partial charge >= 0.3 is 5.97 Å². The first-order valence-electron chi connectivity index (χ1n) is 5.65. The molecule has 0 saturated carbocycles. The zero-order valence-corrected chi connectivity index (χ0v) is 10.9. The SMILES string of the molecule is COC(=O)CC(NCc1ccco1)c1cccs1. The third kappa shape index (κ3) is 3.45. The maximum atomic E-state index is 11.4. The molecule has 0 bridgehead atoms. The normalized spacial score (nSPS) is 12.3. The van der Waals surface area contributed by atoms with Crippen molar-refractivity contribution in [1.29, 1.82) is 0 Å². The lowest BCUT2D eigenvalue weighted by molar-refractivity contribution is -0.141. The molecular weight excluding hydrogens is 250 g/mol. The third-order valence-electron chi connectivity index (χ3n) is 2.59. The topological polar surface area (TPSA) is 51.5 Å². The van der Waals surface area contributed by atoms with Crippen LogP contribution < -0.4 is 5.32 Å². The number of thiophene rings is 1. The van der Waals surface area contributed by atoms with Crippen LogP contribution in [0, 0.1) is 0 Å². The summed E-state index contributed by atoms with van der Waals surface area (Å²) in [5.41, 5.74) is 0. The Morgan fingerprint density at radius 1 is 1.50 bits per heavy atom. The molecule has 2 heterocycles. The number of nitrogens with one attached hydrogen (secondary N) is 1. The highest BCUT2D eigenvalue weighted by Crippen LogP contribution is 2.23. The van der Waals surface area contributed by atoms with Gasteiger partial charge in [-0.2, -0.15) is 0 Å². The van der Waals surface area contributed by atoms with Gasteiger partial charge in [-0.25, -0.2) is 0 Å². The Morgan fingerprint density at radius 3 is 3.00 bits per heavy atom. The van der Waals surface area contributed by atoms with Gasteiger partial charge in [-0.3, -0.25) is 4.79 Å². The van der Waals surface area contributed by atoms with Crippen molar-refractivity contribution in [3.63, 3.8) is 0 Å². The van der Waals surface area contributed by atoms with Crippen molar-refractivity contribution in [2.75, 3.05) is 7.11 Å². The van der Waals surface area contributed by atoms with Gasteiger partial charge in [0, 0.05) is 4.88 Å². The van der Waals surface area contributed by atoms with Gasteiger partial charge in [0.05, 0.1) is 32.4 Å². The van der Waals surface area contributed by atoms with E-state index in [1.54, 1.807) is 17.6 Å². The highest BCUT2D eigenvalue weighted by Gasteiger charge is 2.17. The van der Waals surface area contributed by atoms with Crippen LogP contribution in [0.2, 0.25) is 0 Å². The lowest BCUT2D eigenvalue weighted by Gasteiger charge is -2.15. The molecule has 2 aromatic rings. The van der Waals surface area contributed by atoms with E-state index in [-0.39, 0.29) is 12.0 Å². The van der Waals surface area contributed by atoms with Crippen molar-refractivity contribution in [3.05, 3.63) is 46.5 Å². The molecule has 1 atom stereocenters. The average Bonchev–Trinajstić information content (AvgIpc) is 3.06. The van der Waals surface area contributed by atoms with Crippen LogP contribution in [0.25, 0.3) is 0 Å². The Balaban J connectivity index is 1.98. The molecule has 0 aromatic carbocycles. The van der Waals surface area contributed by atoms with E-state index in [0.717, 1.165) is 10.6 Å². The Labute approximate surface area is 110 Å². The van der Waals surface area contributed by atoms with Crippen molar-refractivity contribution in [2.24, 2.45) is 0 Å². The molecule has 2 aromatic heterocycles. The third-order valence-corrected chi connectivity index (χ3v) is 3.57. The molecule has 0 amide bonds. The van der Waals surface area contributed by atoms with Crippen LogP contribution in [0.4, 0.5) is 0 Å². The number of hydrogen-bond donors (Lipinski definition) is 1. The van der Waals surface area contributed by atoms with Gasteiger partial charge < -0.3 is 14.5 Å². The van der Waals surface area contributed by atoms with E-state index < -0.39 is 0 Å². The predicted octanol–water partition coefficient (Wildman–Crippen LogP) is 2.74. The average molecular weight is 265 g/mol. The minimum atomic E-state index is -0.222. The maximum absolute atomic E-state index is 11.4. The van der Waals surface area contributed by atoms with Gasteiger partial charge in [-0.1, -0.05) is 6.07 Å². The van der Waals surface area contributed by atoms with Crippen LogP contribution in [-0.4, -0.2) is 13.1 Å². The Kier molecular flexibility index (Phi) is 4.55. The number of methoxy groups -OCH3 is 1. The second kappa shape index (κ2) is 6.37. The predicted molar refractivity (Wildman–Crippen MR) is 69.2 cm³/mol. The van der Waals surface area contributed by atoms with Gasteiger partial charge in [-0.15, -0.1) is 11.3 Å². The summed E-state index contributed by atoms with van der Waals surface area (Å²) in [5, 5.41) is 5.30. The molecule has 0 fully saturated rings. The molecule has 18 heavy (non-hydrogen) atoms. The van der Waals surface area contributed by atoms with Crippen LogP contribution >= 0.6 is 11.3 Å². The van der Waals surface area contributed by atoms with E-state index in [0.29, 0.717) is 13.0 Å². The minimum absolute atomic E-state index is 0.0393. The highest BCUT2D eigenvalue weighted by atomic mass is 32.1. The van der Waals surface area contributed by atoms with Crippen LogP contribution in [0.3, 0.4) is 0 Å². The standard InChI is InChI=1S/C13H15NO3S/c1-16-13(15)8-11(12-5-3-7-18-12)14-9-10-4-2-6-17-10/h2-7,11,14H,8-9H2,1H3. The first-order chi connectivity index (χ1) is 8.79. The quantitative estimate of drug-likeness (QED) is 0.816. The lowest BCUT2D eigenvalue weighted by atomic mass is 10.1. The van der Waals surface area contributed by atoms with Crippen molar-refractivity contribution in [3.8, 4) is 0 Å². The smallest absolute Gasteiger partial charge is 0.307 e. The fraction of sp³-hybridized carbons (Fsp3) is 0.308. The largest absolute Gasteiger partial charge is 0.469 e. The molecule has 4 nitrogen and oxygen atoms in total. The lowest BCUT2D eigenvalue weighted by Crippen LogP contribution is -2.23. The Bertz CT molecular complexity index is 464. The van der Waals surface area contributed by atoms with Crippen molar-refractivity contribution in [2.45, 2.75) is 19.0 Å². The van der Waals surface area contributed by atoms with Gasteiger partial charge in [-0.05, 0) is 23.6 Å².